The van der Waals surface area contributed by atoms with Crippen molar-refractivity contribution in [2.24, 2.45) is 0 Å². The number of nitrogens with zero attached hydrogens (tertiary/aromatic N) is 1. The summed E-state index contributed by atoms with van der Waals surface area (Å²) in [5.74, 6) is 0. The van der Waals surface area contributed by atoms with Gasteiger partial charge in [-0.25, -0.2) is 4.98 Å². The summed E-state index contributed by atoms with van der Waals surface area (Å²) in [7, 11) is 1.91. The predicted octanol–water partition coefficient (Wildman–Crippen LogP) is 3.13. The molecule has 2 heterocycles. The molecule has 1 aromatic heterocycles. The fraction of sp³-hybridized carbons (Fsp3) is 0.308. The molecule has 88 valence electrons. The zero-order chi connectivity index (χ0) is 11.8. The Bertz CT molecular complexity index is 560. The Morgan fingerprint density at radius 2 is 2.29 bits per heavy atom. The van der Waals surface area contributed by atoms with Crippen LogP contribution in [0.1, 0.15) is 10.4 Å². The van der Waals surface area contributed by atoms with Crippen molar-refractivity contribution >= 4 is 22.2 Å². The van der Waals surface area contributed by atoms with Crippen LogP contribution in [0.15, 0.2) is 18.2 Å². The fourth-order valence-corrected chi connectivity index (χ4v) is 3.01. The van der Waals surface area contributed by atoms with Gasteiger partial charge in [-0.2, -0.15) is 0 Å². The number of thiazole rings is 1. The first kappa shape index (κ1) is 10.6. The number of anilines is 2. The second kappa shape index (κ2) is 4.04. The van der Waals surface area contributed by atoms with Crippen LogP contribution in [0.25, 0.3) is 11.3 Å². The van der Waals surface area contributed by atoms with E-state index in [1.165, 1.54) is 21.7 Å². The maximum atomic E-state index is 4.61. The van der Waals surface area contributed by atoms with Crippen LogP contribution in [-0.4, -0.2) is 18.6 Å². The Labute approximate surface area is 105 Å². The van der Waals surface area contributed by atoms with E-state index in [1.54, 1.807) is 11.3 Å². The van der Waals surface area contributed by atoms with Crippen molar-refractivity contribution in [3.05, 3.63) is 28.6 Å². The van der Waals surface area contributed by atoms with E-state index in [2.05, 4.69) is 40.7 Å². The number of fused-ring (bicyclic) bond motifs is 1. The molecule has 0 saturated heterocycles. The Kier molecular flexibility index (Phi) is 2.52. The molecule has 4 heteroatoms. The standard InChI is InChI=1S/C13H15N3S/c1-8-12(16-13(14-2)17-8)10-3-4-11-9(7-10)5-6-15-11/h3-4,7,15H,5-6H2,1-2H3,(H,14,16). The first-order valence-electron chi connectivity index (χ1n) is 5.80. The van der Waals surface area contributed by atoms with Crippen molar-refractivity contribution in [3.8, 4) is 11.3 Å². The largest absolute Gasteiger partial charge is 0.384 e. The molecule has 0 aliphatic carbocycles. The van der Waals surface area contributed by atoms with Crippen LogP contribution < -0.4 is 10.6 Å². The summed E-state index contributed by atoms with van der Waals surface area (Å²) in [6.45, 7) is 3.18. The third-order valence-corrected chi connectivity index (χ3v) is 4.09. The third-order valence-electron chi connectivity index (χ3n) is 3.10. The average Bonchev–Trinajstić information content (AvgIpc) is 2.93. The Morgan fingerprint density at radius 1 is 1.41 bits per heavy atom. The van der Waals surface area contributed by atoms with Crippen LogP contribution >= 0.6 is 11.3 Å². The second-order valence-electron chi connectivity index (χ2n) is 4.22. The van der Waals surface area contributed by atoms with E-state index < -0.39 is 0 Å². The lowest BCUT2D eigenvalue weighted by Crippen LogP contribution is -1.90. The van der Waals surface area contributed by atoms with Gasteiger partial charge in [0.25, 0.3) is 0 Å². The summed E-state index contributed by atoms with van der Waals surface area (Å²) in [5, 5.41) is 7.47. The molecular formula is C13H15N3S. The van der Waals surface area contributed by atoms with Gasteiger partial charge in [-0.3, -0.25) is 0 Å². The second-order valence-corrected chi connectivity index (χ2v) is 5.43. The molecular weight excluding hydrogens is 230 g/mol. The zero-order valence-electron chi connectivity index (χ0n) is 10.0. The normalized spacial score (nSPS) is 13.3. The molecule has 1 aliphatic rings. The van der Waals surface area contributed by atoms with E-state index in [1.807, 2.05) is 7.05 Å². The highest BCUT2D eigenvalue weighted by Gasteiger charge is 2.14. The topological polar surface area (TPSA) is 37.0 Å². The van der Waals surface area contributed by atoms with Crippen LogP contribution in [0, 0.1) is 6.92 Å². The number of hydrogen-bond acceptors (Lipinski definition) is 4. The van der Waals surface area contributed by atoms with Gasteiger partial charge in [0.1, 0.15) is 0 Å². The third kappa shape index (κ3) is 1.78. The molecule has 17 heavy (non-hydrogen) atoms. The highest BCUT2D eigenvalue weighted by Crippen LogP contribution is 2.33. The van der Waals surface area contributed by atoms with Gasteiger partial charge >= 0.3 is 0 Å². The van der Waals surface area contributed by atoms with E-state index in [0.29, 0.717) is 0 Å². The molecule has 0 amide bonds. The number of benzene rings is 1. The van der Waals surface area contributed by atoms with Crippen molar-refractivity contribution in [2.75, 3.05) is 24.2 Å². The van der Waals surface area contributed by atoms with Crippen LogP contribution in [0.5, 0.6) is 0 Å². The van der Waals surface area contributed by atoms with E-state index in [4.69, 9.17) is 0 Å². The van der Waals surface area contributed by atoms with Crippen molar-refractivity contribution < 1.29 is 0 Å². The predicted molar refractivity (Wildman–Crippen MR) is 74.0 cm³/mol. The summed E-state index contributed by atoms with van der Waals surface area (Å²) in [6, 6.07) is 6.57. The van der Waals surface area contributed by atoms with Gasteiger partial charge in [0.05, 0.1) is 5.69 Å². The van der Waals surface area contributed by atoms with Gasteiger partial charge in [0, 0.05) is 29.7 Å². The summed E-state index contributed by atoms with van der Waals surface area (Å²) in [6.07, 6.45) is 1.12. The number of aromatic nitrogens is 1. The highest BCUT2D eigenvalue weighted by molar-refractivity contribution is 7.15. The number of nitrogens with one attached hydrogen (secondary N) is 2. The lowest BCUT2D eigenvalue weighted by atomic mass is 10.1. The van der Waals surface area contributed by atoms with Gasteiger partial charge in [-0.15, -0.1) is 11.3 Å². The Morgan fingerprint density at radius 3 is 3.06 bits per heavy atom. The summed E-state index contributed by atoms with van der Waals surface area (Å²) in [4.78, 5) is 5.88. The molecule has 0 unspecified atom stereocenters. The van der Waals surface area contributed by atoms with Gasteiger partial charge < -0.3 is 10.6 Å². The smallest absolute Gasteiger partial charge is 0.183 e. The maximum Gasteiger partial charge on any atom is 0.183 e. The molecule has 2 aromatic rings. The first-order valence-corrected chi connectivity index (χ1v) is 6.62. The van der Waals surface area contributed by atoms with E-state index in [-0.39, 0.29) is 0 Å². The molecule has 3 nitrogen and oxygen atoms in total. The lowest BCUT2D eigenvalue weighted by molar-refractivity contribution is 1.11. The molecule has 3 rings (SSSR count). The van der Waals surface area contributed by atoms with Crippen molar-refractivity contribution in [3.63, 3.8) is 0 Å². The number of aryl methyl sites for hydroxylation is 1. The summed E-state index contributed by atoms with van der Waals surface area (Å²) < 4.78 is 0. The average molecular weight is 245 g/mol. The minimum atomic E-state index is 0.983. The molecule has 1 aliphatic heterocycles. The van der Waals surface area contributed by atoms with E-state index in [9.17, 15) is 0 Å². The SMILES string of the molecule is CNc1nc(-c2ccc3c(c2)CCN3)c(C)s1. The van der Waals surface area contributed by atoms with E-state index >= 15 is 0 Å². The Hall–Kier alpha value is -1.55. The quantitative estimate of drug-likeness (QED) is 0.853. The van der Waals surface area contributed by atoms with Crippen LogP contribution in [0.2, 0.25) is 0 Å². The monoisotopic (exact) mass is 245 g/mol. The van der Waals surface area contributed by atoms with Gasteiger partial charge in [-0.1, -0.05) is 6.07 Å². The van der Waals surface area contributed by atoms with Crippen LogP contribution in [-0.2, 0) is 6.42 Å². The number of rotatable bonds is 2. The number of hydrogen-bond donors (Lipinski definition) is 2. The van der Waals surface area contributed by atoms with Crippen molar-refractivity contribution in [1.29, 1.82) is 0 Å². The molecule has 0 bridgehead atoms. The lowest BCUT2D eigenvalue weighted by Gasteiger charge is -2.03. The van der Waals surface area contributed by atoms with Crippen LogP contribution in [0.3, 0.4) is 0 Å². The molecule has 0 spiro atoms. The molecule has 1 aromatic carbocycles. The summed E-state index contributed by atoms with van der Waals surface area (Å²) >= 11 is 1.70. The minimum absolute atomic E-state index is 0.983. The summed E-state index contributed by atoms with van der Waals surface area (Å²) in [5.41, 5.74) is 5.01. The zero-order valence-corrected chi connectivity index (χ0v) is 10.8. The first-order chi connectivity index (χ1) is 8.28. The molecule has 0 radical (unpaired) electrons. The molecule has 0 fully saturated rings. The van der Waals surface area contributed by atoms with Crippen LogP contribution in [0.4, 0.5) is 10.8 Å². The van der Waals surface area contributed by atoms with Gasteiger partial charge in [0.15, 0.2) is 5.13 Å². The minimum Gasteiger partial charge on any atom is -0.384 e. The maximum absolute atomic E-state index is 4.61. The van der Waals surface area contributed by atoms with E-state index in [0.717, 1.165) is 23.8 Å². The highest BCUT2D eigenvalue weighted by atomic mass is 32.1. The molecule has 0 atom stereocenters. The van der Waals surface area contributed by atoms with Crippen molar-refractivity contribution in [1.82, 2.24) is 4.98 Å². The fourth-order valence-electron chi connectivity index (χ4n) is 2.22. The molecule has 2 N–H and O–H groups in total. The Balaban J connectivity index is 2.06. The van der Waals surface area contributed by atoms with Gasteiger partial charge in [0.2, 0.25) is 0 Å². The molecule has 0 saturated carbocycles. The van der Waals surface area contributed by atoms with Gasteiger partial charge in [-0.05, 0) is 31.0 Å². The van der Waals surface area contributed by atoms with Crippen molar-refractivity contribution in [2.45, 2.75) is 13.3 Å².